The maximum atomic E-state index is 13.0. The van der Waals surface area contributed by atoms with Gasteiger partial charge in [0.2, 0.25) is 29.3 Å². The lowest BCUT2D eigenvalue weighted by molar-refractivity contribution is -0.115. The quantitative estimate of drug-likeness (QED) is 0.361. The lowest BCUT2D eigenvalue weighted by atomic mass is 10.0. The van der Waals surface area contributed by atoms with Crippen molar-refractivity contribution in [3.05, 3.63) is 65.4 Å². The molecule has 0 radical (unpaired) electrons. The summed E-state index contributed by atoms with van der Waals surface area (Å²) in [5.74, 6) is 0.531. The van der Waals surface area contributed by atoms with E-state index >= 15 is 0 Å². The minimum absolute atomic E-state index is 0.0386. The second-order valence-corrected chi connectivity index (χ2v) is 10.1. The van der Waals surface area contributed by atoms with Crippen LogP contribution in [0.4, 0.5) is 16.2 Å². The van der Waals surface area contributed by atoms with Crippen molar-refractivity contribution in [2.75, 3.05) is 23.7 Å². The number of oxazole rings is 1. The van der Waals surface area contributed by atoms with E-state index in [-0.39, 0.29) is 35.7 Å². The highest BCUT2D eigenvalue weighted by Gasteiger charge is 2.37. The van der Waals surface area contributed by atoms with Gasteiger partial charge in [-0.1, -0.05) is 23.4 Å². The van der Waals surface area contributed by atoms with Crippen LogP contribution in [0.1, 0.15) is 47.3 Å². The molecule has 6 rings (SSSR count). The van der Waals surface area contributed by atoms with Gasteiger partial charge in [-0.25, -0.2) is 9.78 Å². The van der Waals surface area contributed by atoms with E-state index in [4.69, 9.17) is 13.7 Å². The molecule has 4 heterocycles. The van der Waals surface area contributed by atoms with E-state index in [1.807, 2.05) is 25.1 Å². The Kier molecular flexibility index (Phi) is 6.29. The molecule has 2 aromatic carbocycles. The number of nitrogens with zero attached hydrogens (tertiary/aromatic N) is 4. The number of likely N-dealkylation sites (tertiary alicyclic amines) is 1. The number of aromatic nitrogens is 3. The van der Waals surface area contributed by atoms with E-state index in [0.29, 0.717) is 53.7 Å². The predicted molar refractivity (Wildman–Crippen MR) is 143 cm³/mol. The molecule has 0 spiro atoms. The molecule has 40 heavy (non-hydrogen) atoms. The molecule has 1 saturated heterocycles. The molecule has 0 saturated carbocycles. The molecule has 2 N–H and O–H groups in total. The van der Waals surface area contributed by atoms with Crippen LogP contribution in [-0.2, 0) is 16.0 Å². The number of amides is 3. The Bertz CT molecular complexity index is 1630. The highest BCUT2D eigenvalue weighted by molar-refractivity contribution is 6.03. The van der Waals surface area contributed by atoms with Crippen molar-refractivity contribution in [3.8, 4) is 22.8 Å². The van der Waals surface area contributed by atoms with Crippen molar-refractivity contribution in [3.63, 3.8) is 0 Å². The minimum Gasteiger partial charge on any atom is -0.447 e. The number of rotatable bonds is 6. The Morgan fingerprint density at radius 3 is 2.75 bits per heavy atom. The highest BCUT2D eigenvalue weighted by Crippen LogP contribution is 2.31. The van der Waals surface area contributed by atoms with Crippen LogP contribution in [0, 0.1) is 6.92 Å². The van der Waals surface area contributed by atoms with E-state index in [1.165, 1.54) is 6.20 Å². The molecule has 204 valence electrons. The molecule has 1 fully saturated rings. The molecule has 12 nitrogen and oxygen atoms in total. The average Bonchev–Trinajstić information content (AvgIpc) is 3.63. The minimum atomic E-state index is -0.467. The normalized spacial score (nSPS) is 14.6. The molecule has 2 aromatic heterocycles. The van der Waals surface area contributed by atoms with Crippen LogP contribution >= 0.6 is 0 Å². The first kappa shape index (κ1) is 25.3. The Balaban J connectivity index is 1.13. The lowest BCUT2D eigenvalue weighted by Crippen LogP contribution is -2.49. The molecular formula is C28H26N6O6. The Hall–Kier alpha value is -5.00. The van der Waals surface area contributed by atoms with Crippen LogP contribution in [0.3, 0.4) is 0 Å². The average molecular weight is 543 g/mol. The van der Waals surface area contributed by atoms with E-state index in [9.17, 15) is 14.4 Å². The van der Waals surface area contributed by atoms with Gasteiger partial charge in [0.15, 0.2) is 0 Å². The van der Waals surface area contributed by atoms with Gasteiger partial charge < -0.3 is 29.2 Å². The van der Waals surface area contributed by atoms with Gasteiger partial charge in [-0.15, -0.1) is 0 Å². The first-order valence-corrected chi connectivity index (χ1v) is 12.8. The van der Waals surface area contributed by atoms with Gasteiger partial charge >= 0.3 is 6.09 Å². The fourth-order valence-corrected chi connectivity index (χ4v) is 4.52. The summed E-state index contributed by atoms with van der Waals surface area (Å²) in [5.41, 5.74) is 4.31. The van der Waals surface area contributed by atoms with Crippen molar-refractivity contribution in [2.45, 2.75) is 39.2 Å². The van der Waals surface area contributed by atoms with Crippen LogP contribution in [0.25, 0.3) is 22.8 Å². The predicted octanol–water partition coefficient (Wildman–Crippen LogP) is 4.39. The van der Waals surface area contributed by atoms with Gasteiger partial charge in [0.05, 0.1) is 24.6 Å². The number of benzene rings is 2. The largest absolute Gasteiger partial charge is 0.447 e. The molecule has 4 aromatic rings. The second-order valence-electron chi connectivity index (χ2n) is 10.1. The zero-order valence-corrected chi connectivity index (χ0v) is 22.1. The second kappa shape index (κ2) is 9.95. The smallest absolute Gasteiger partial charge is 0.410 e. The standard InChI is InChI=1S/C28H26N6O6/c1-14(2)38-28(37)34-12-19(13-34)27-32-24(33-40-27)17-5-4-15(3)20(8-17)31-25(36)22-11-29-26(39-22)18-7-6-16-10-23(35)30-21(16)9-18/h4-9,11,14,19H,10,12-13H2,1-3H3,(H,30,35)(H,31,36). The molecular weight excluding hydrogens is 516 g/mol. The van der Waals surface area contributed by atoms with E-state index in [0.717, 1.165) is 11.1 Å². The maximum absolute atomic E-state index is 13.0. The van der Waals surface area contributed by atoms with Crippen molar-refractivity contribution < 1.29 is 28.1 Å². The number of anilines is 2. The summed E-state index contributed by atoms with van der Waals surface area (Å²) in [6.07, 6.45) is 1.16. The molecule has 0 bridgehead atoms. The zero-order chi connectivity index (χ0) is 28.0. The number of aryl methyl sites for hydroxylation is 1. The Labute approximate surface area is 228 Å². The van der Waals surface area contributed by atoms with E-state index < -0.39 is 5.91 Å². The molecule has 2 aliphatic heterocycles. The fraction of sp³-hybridized carbons (Fsp3) is 0.286. The molecule has 0 atom stereocenters. The van der Waals surface area contributed by atoms with Gasteiger partial charge in [-0.2, -0.15) is 4.98 Å². The number of carbonyl (C=O) groups excluding carboxylic acids is 3. The first-order chi connectivity index (χ1) is 19.2. The summed E-state index contributed by atoms with van der Waals surface area (Å²) < 4.78 is 16.4. The first-order valence-electron chi connectivity index (χ1n) is 12.8. The van der Waals surface area contributed by atoms with E-state index in [2.05, 4.69) is 25.8 Å². The van der Waals surface area contributed by atoms with Crippen molar-refractivity contribution >= 4 is 29.3 Å². The molecule has 0 aliphatic carbocycles. The third kappa shape index (κ3) is 4.91. The Morgan fingerprint density at radius 1 is 1.15 bits per heavy atom. The van der Waals surface area contributed by atoms with Gasteiger partial charge in [-0.3, -0.25) is 9.59 Å². The van der Waals surface area contributed by atoms with Crippen LogP contribution in [-0.4, -0.2) is 57.1 Å². The SMILES string of the molecule is Cc1ccc(-c2noc(C3CN(C(=O)OC(C)C)C3)n2)cc1NC(=O)c1cnc(-c2ccc3c(c2)NC(=O)C3)o1. The van der Waals surface area contributed by atoms with Gasteiger partial charge in [-0.05, 0) is 50.1 Å². The summed E-state index contributed by atoms with van der Waals surface area (Å²) in [6, 6.07) is 10.9. The Morgan fingerprint density at radius 2 is 1.95 bits per heavy atom. The summed E-state index contributed by atoms with van der Waals surface area (Å²) in [6.45, 7) is 6.37. The molecule has 12 heteroatoms. The third-order valence-corrected chi connectivity index (χ3v) is 6.72. The number of ether oxygens (including phenoxy) is 1. The molecule has 0 unspecified atom stereocenters. The van der Waals surface area contributed by atoms with Crippen LogP contribution in [0.5, 0.6) is 0 Å². The number of nitrogens with one attached hydrogen (secondary N) is 2. The monoisotopic (exact) mass is 542 g/mol. The molecule has 2 aliphatic rings. The zero-order valence-electron chi connectivity index (χ0n) is 22.1. The van der Waals surface area contributed by atoms with Gasteiger partial charge in [0, 0.05) is 35.6 Å². The lowest BCUT2D eigenvalue weighted by Gasteiger charge is -2.36. The summed E-state index contributed by atoms with van der Waals surface area (Å²) in [7, 11) is 0. The summed E-state index contributed by atoms with van der Waals surface area (Å²) >= 11 is 0. The highest BCUT2D eigenvalue weighted by atomic mass is 16.6. The van der Waals surface area contributed by atoms with Gasteiger partial charge in [0.25, 0.3) is 5.91 Å². The van der Waals surface area contributed by atoms with Crippen molar-refractivity contribution in [2.24, 2.45) is 0 Å². The van der Waals surface area contributed by atoms with Gasteiger partial charge in [0.1, 0.15) is 0 Å². The summed E-state index contributed by atoms with van der Waals surface area (Å²) in [5, 5.41) is 9.75. The fourth-order valence-electron chi connectivity index (χ4n) is 4.52. The van der Waals surface area contributed by atoms with Crippen molar-refractivity contribution in [1.82, 2.24) is 20.0 Å². The number of fused-ring (bicyclic) bond motifs is 1. The van der Waals surface area contributed by atoms with Crippen LogP contribution in [0.15, 0.2) is 51.5 Å². The van der Waals surface area contributed by atoms with Crippen LogP contribution < -0.4 is 10.6 Å². The number of hydrogen-bond donors (Lipinski definition) is 2. The van der Waals surface area contributed by atoms with E-state index in [1.54, 1.807) is 36.9 Å². The number of hydrogen-bond acceptors (Lipinski definition) is 9. The van der Waals surface area contributed by atoms with Crippen molar-refractivity contribution in [1.29, 1.82) is 0 Å². The third-order valence-electron chi connectivity index (χ3n) is 6.72. The molecule has 3 amide bonds. The number of carbonyl (C=O) groups is 3. The maximum Gasteiger partial charge on any atom is 0.410 e. The topological polar surface area (TPSA) is 153 Å². The summed E-state index contributed by atoms with van der Waals surface area (Å²) in [4.78, 5) is 47.0. The van der Waals surface area contributed by atoms with Crippen LogP contribution in [0.2, 0.25) is 0 Å².